The van der Waals surface area contributed by atoms with Gasteiger partial charge in [-0.1, -0.05) is 12.1 Å². The molecule has 0 radical (unpaired) electrons. The Labute approximate surface area is 123 Å². The molecule has 0 aliphatic carbocycles. The monoisotopic (exact) mass is 288 g/mol. The Kier molecular flexibility index (Phi) is 4.47. The molecular weight excluding hydrogens is 268 g/mol. The number of rotatable bonds is 4. The zero-order valence-corrected chi connectivity index (χ0v) is 12.4. The molecule has 21 heavy (non-hydrogen) atoms. The number of carbonyl (C=O) groups excluding carboxylic acids is 1. The van der Waals surface area contributed by atoms with E-state index < -0.39 is 11.7 Å². The Bertz CT molecular complexity index is 588. The number of nitrogens with zero attached hydrogens (tertiary/aromatic N) is 1. The summed E-state index contributed by atoms with van der Waals surface area (Å²) in [5.41, 5.74) is 1.92. The number of ether oxygens (including phenoxy) is 1. The maximum absolute atomic E-state index is 11.8. The van der Waals surface area contributed by atoms with Crippen molar-refractivity contribution in [2.75, 3.05) is 10.6 Å². The number of H-pyrrole nitrogens is 1. The summed E-state index contributed by atoms with van der Waals surface area (Å²) in [5, 5.41) is 12.8. The molecule has 2 aromatic rings. The summed E-state index contributed by atoms with van der Waals surface area (Å²) in [5.74, 6) is 0. The molecule has 1 aromatic carbocycles. The second kappa shape index (κ2) is 6.30. The average molecular weight is 288 g/mol. The molecule has 0 fully saturated rings. The summed E-state index contributed by atoms with van der Waals surface area (Å²) in [7, 11) is 0. The second-order valence-corrected chi connectivity index (χ2v) is 5.61. The number of hydrogen-bond acceptors (Lipinski definition) is 4. The topological polar surface area (TPSA) is 79.0 Å². The standard InChI is InChI=1S/C15H20N4O2/c1-15(2,3)21-14(20)18-13-7-5-4-6-12(13)16-10-11-8-9-17-19-11/h4-9,16H,10H2,1-3H3,(H,17,19)(H,18,20). The van der Waals surface area contributed by atoms with Crippen molar-refractivity contribution in [2.24, 2.45) is 0 Å². The molecule has 1 aromatic heterocycles. The van der Waals surface area contributed by atoms with E-state index in [1.807, 2.05) is 51.1 Å². The molecule has 0 spiro atoms. The first-order valence-corrected chi connectivity index (χ1v) is 6.75. The van der Waals surface area contributed by atoms with Crippen LogP contribution in [0.3, 0.4) is 0 Å². The quantitative estimate of drug-likeness (QED) is 0.806. The smallest absolute Gasteiger partial charge is 0.412 e. The van der Waals surface area contributed by atoms with Crippen LogP contribution < -0.4 is 10.6 Å². The third kappa shape index (κ3) is 4.83. The van der Waals surface area contributed by atoms with Gasteiger partial charge in [-0.25, -0.2) is 4.79 Å². The maximum atomic E-state index is 11.8. The van der Waals surface area contributed by atoms with Crippen molar-refractivity contribution < 1.29 is 9.53 Å². The van der Waals surface area contributed by atoms with E-state index in [0.29, 0.717) is 12.2 Å². The Morgan fingerprint density at radius 2 is 1.95 bits per heavy atom. The van der Waals surface area contributed by atoms with Crippen LogP contribution in [0.15, 0.2) is 36.5 Å². The third-order valence-corrected chi connectivity index (χ3v) is 2.59. The van der Waals surface area contributed by atoms with E-state index in [2.05, 4.69) is 20.8 Å². The largest absolute Gasteiger partial charge is 0.444 e. The predicted molar refractivity (Wildman–Crippen MR) is 82.2 cm³/mol. The number of nitrogens with one attached hydrogen (secondary N) is 3. The van der Waals surface area contributed by atoms with Crippen molar-refractivity contribution in [2.45, 2.75) is 32.9 Å². The molecule has 0 aliphatic rings. The molecule has 1 heterocycles. The molecule has 0 saturated heterocycles. The molecule has 6 heteroatoms. The minimum absolute atomic E-state index is 0.474. The lowest BCUT2D eigenvalue weighted by molar-refractivity contribution is 0.0636. The first kappa shape index (κ1) is 14.9. The van der Waals surface area contributed by atoms with Crippen LogP contribution in [0.25, 0.3) is 0 Å². The van der Waals surface area contributed by atoms with Gasteiger partial charge >= 0.3 is 6.09 Å². The number of aromatic nitrogens is 2. The second-order valence-electron chi connectivity index (χ2n) is 5.61. The van der Waals surface area contributed by atoms with Crippen LogP contribution in [0.1, 0.15) is 26.5 Å². The molecule has 6 nitrogen and oxygen atoms in total. The zero-order valence-electron chi connectivity index (χ0n) is 12.4. The SMILES string of the molecule is CC(C)(C)OC(=O)Nc1ccccc1NCc1ccn[nH]1. The van der Waals surface area contributed by atoms with Crippen LogP contribution in [0.4, 0.5) is 16.2 Å². The minimum Gasteiger partial charge on any atom is -0.444 e. The number of amides is 1. The molecule has 3 N–H and O–H groups in total. The van der Waals surface area contributed by atoms with Crippen molar-refractivity contribution in [1.29, 1.82) is 0 Å². The first-order valence-electron chi connectivity index (χ1n) is 6.75. The summed E-state index contributed by atoms with van der Waals surface area (Å²) in [6.07, 6.45) is 1.22. The van der Waals surface area contributed by atoms with Gasteiger partial charge < -0.3 is 10.1 Å². The van der Waals surface area contributed by atoms with Gasteiger partial charge in [0.2, 0.25) is 0 Å². The minimum atomic E-state index is -0.525. The van der Waals surface area contributed by atoms with Gasteiger partial charge in [0.25, 0.3) is 0 Å². The van der Waals surface area contributed by atoms with Crippen LogP contribution in [-0.4, -0.2) is 21.9 Å². The molecule has 0 unspecified atom stereocenters. The van der Waals surface area contributed by atoms with E-state index in [4.69, 9.17) is 4.74 Å². The molecule has 1 amide bonds. The van der Waals surface area contributed by atoms with Crippen molar-refractivity contribution in [3.05, 3.63) is 42.2 Å². The molecule has 0 atom stereocenters. The lowest BCUT2D eigenvalue weighted by atomic mass is 10.2. The maximum Gasteiger partial charge on any atom is 0.412 e. The van der Waals surface area contributed by atoms with Crippen molar-refractivity contribution in [3.63, 3.8) is 0 Å². The highest BCUT2D eigenvalue weighted by molar-refractivity contribution is 5.89. The highest BCUT2D eigenvalue weighted by Gasteiger charge is 2.17. The van der Waals surface area contributed by atoms with Gasteiger partial charge in [0.1, 0.15) is 5.60 Å². The zero-order chi connectivity index (χ0) is 15.3. The summed E-state index contributed by atoms with van der Waals surface area (Å²) in [6.45, 7) is 6.08. The highest BCUT2D eigenvalue weighted by Crippen LogP contribution is 2.22. The Balaban J connectivity index is 2.01. The predicted octanol–water partition coefficient (Wildman–Crippen LogP) is 3.37. The number of hydrogen-bond donors (Lipinski definition) is 3. The molecule has 112 valence electrons. The van der Waals surface area contributed by atoms with Gasteiger partial charge in [0.15, 0.2) is 0 Å². The first-order chi connectivity index (χ1) is 9.94. The number of anilines is 2. The van der Waals surface area contributed by atoms with Crippen LogP contribution in [0.5, 0.6) is 0 Å². The van der Waals surface area contributed by atoms with E-state index in [1.54, 1.807) is 6.20 Å². The van der Waals surface area contributed by atoms with Crippen LogP contribution in [0, 0.1) is 0 Å². The van der Waals surface area contributed by atoms with E-state index in [-0.39, 0.29) is 0 Å². The Morgan fingerprint density at radius 3 is 2.57 bits per heavy atom. The number of carbonyl (C=O) groups is 1. The fourth-order valence-electron chi connectivity index (χ4n) is 1.73. The average Bonchev–Trinajstić information content (AvgIpc) is 2.88. The molecule has 0 aliphatic heterocycles. The summed E-state index contributed by atoms with van der Waals surface area (Å²) in [6, 6.07) is 9.35. The Morgan fingerprint density at radius 1 is 1.24 bits per heavy atom. The van der Waals surface area contributed by atoms with Crippen LogP contribution in [0.2, 0.25) is 0 Å². The number of benzene rings is 1. The summed E-state index contributed by atoms with van der Waals surface area (Å²) < 4.78 is 5.25. The van der Waals surface area contributed by atoms with Gasteiger partial charge in [0.05, 0.1) is 23.6 Å². The van der Waals surface area contributed by atoms with E-state index in [1.165, 1.54) is 0 Å². The molecule has 0 bridgehead atoms. The summed E-state index contributed by atoms with van der Waals surface area (Å²) >= 11 is 0. The third-order valence-electron chi connectivity index (χ3n) is 2.59. The van der Waals surface area contributed by atoms with Crippen LogP contribution >= 0.6 is 0 Å². The van der Waals surface area contributed by atoms with Gasteiger partial charge in [-0.15, -0.1) is 0 Å². The molecular formula is C15H20N4O2. The molecule has 2 rings (SSSR count). The van der Waals surface area contributed by atoms with E-state index in [0.717, 1.165) is 11.4 Å². The summed E-state index contributed by atoms with van der Waals surface area (Å²) in [4.78, 5) is 11.8. The highest BCUT2D eigenvalue weighted by atomic mass is 16.6. The normalized spacial score (nSPS) is 11.0. The van der Waals surface area contributed by atoms with Gasteiger partial charge in [-0.3, -0.25) is 10.4 Å². The van der Waals surface area contributed by atoms with E-state index >= 15 is 0 Å². The fourth-order valence-corrected chi connectivity index (χ4v) is 1.73. The lowest BCUT2D eigenvalue weighted by Gasteiger charge is -2.20. The molecule has 0 saturated carbocycles. The van der Waals surface area contributed by atoms with E-state index in [9.17, 15) is 4.79 Å². The number of aromatic amines is 1. The van der Waals surface area contributed by atoms with Gasteiger partial charge in [0, 0.05) is 6.20 Å². The van der Waals surface area contributed by atoms with Crippen LogP contribution in [-0.2, 0) is 11.3 Å². The fraction of sp³-hybridized carbons (Fsp3) is 0.333. The van der Waals surface area contributed by atoms with Crippen molar-refractivity contribution in [3.8, 4) is 0 Å². The number of para-hydroxylation sites is 2. The lowest BCUT2D eigenvalue weighted by Crippen LogP contribution is -2.27. The Hall–Kier alpha value is -2.50. The van der Waals surface area contributed by atoms with Crippen molar-refractivity contribution >= 4 is 17.5 Å². The van der Waals surface area contributed by atoms with Gasteiger partial charge in [-0.05, 0) is 39.0 Å². The van der Waals surface area contributed by atoms with Gasteiger partial charge in [-0.2, -0.15) is 5.10 Å². The van der Waals surface area contributed by atoms with Crippen molar-refractivity contribution in [1.82, 2.24) is 10.2 Å².